The molecule has 3 heterocycles. The van der Waals surface area contributed by atoms with Gasteiger partial charge in [0.1, 0.15) is 23.1 Å². The second-order valence-corrected chi connectivity index (χ2v) is 9.23. The van der Waals surface area contributed by atoms with Crippen LogP contribution in [-0.2, 0) is 0 Å². The van der Waals surface area contributed by atoms with Crippen LogP contribution in [0.25, 0.3) is 38.7 Å². The average Bonchev–Trinajstić information content (AvgIpc) is 3.72. The first-order valence-corrected chi connectivity index (χ1v) is 12.6. The van der Waals surface area contributed by atoms with Crippen LogP contribution >= 0.6 is 11.3 Å². The Hall–Kier alpha value is -4.99. The number of hydrogen-bond donors (Lipinski definition) is 0. The molecule has 0 unspecified atom stereocenters. The maximum atomic E-state index is 10.2. The molecule has 6 rings (SSSR count). The molecule has 0 radical (unpaired) electrons. The zero-order valence-corrected chi connectivity index (χ0v) is 20.5. The quantitative estimate of drug-likeness (QED) is 0.219. The minimum atomic E-state index is 0.268. The highest BCUT2D eigenvalue weighted by molar-refractivity contribution is 7.13. The minimum Gasteiger partial charge on any atom is -0.436 e. The van der Waals surface area contributed by atoms with E-state index in [2.05, 4.69) is 6.07 Å². The molecule has 0 atom stereocenters. The van der Waals surface area contributed by atoms with Gasteiger partial charge in [-0.25, -0.2) is 9.67 Å². The summed E-state index contributed by atoms with van der Waals surface area (Å²) in [4.78, 5) is 5.73. The number of benzene rings is 3. The van der Waals surface area contributed by atoms with Gasteiger partial charge in [-0.2, -0.15) is 10.4 Å². The molecule has 0 fully saturated rings. The second-order valence-electron chi connectivity index (χ2n) is 8.28. The lowest BCUT2D eigenvalue weighted by atomic mass is 9.98. The Morgan fingerprint density at radius 2 is 1.51 bits per heavy atom. The number of aromatic nitrogens is 2. The number of para-hydroxylation sites is 1. The highest BCUT2D eigenvalue weighted by Crippen LogP contribution is 2.42. The van der Waals surface area contributed by atoms with Gasteiger partial charge < -0.3 is 4.42 Å². The molecular weight excluding hydrogens is 476 g/mol. The molecule has 3 aromatic heterocycles. The van der Waals surface area contributed by atoms with Crippen LogP contribution < -0.4 is 0 Å². The summed E-state index contributed by atoms with van der Waals surface area (Å²) < 4.78 is 8.12. The van der Waals surface area contributed by atoms with Gasteiger partial charge >= 0.3 is 0 Å². The first kappa shape index (κ1) is 22.5. The fraction of sp³-hybridized carbons (Fsp3) is 0. The van der Waals surface area contributed by atoms with Crippen LogP contribution in [0.1, 0.15) is 11.1 Å². The zero-order chi connectivity index (χ0) is 25.0. The second kappa shape index (κ2) is 9.94. The summed E-state index contributed by atoms with van der Waals surface area (Å²) in [5.41, 5.74) is 5.52. The molecule has 0 N–H and O–H groups in total. The molecule has 0 aliphatic heterocycles. The maximum Gasteiger partial charge on any atom is 0.238 e. The van der Waals surface area contributed by atoms with Crippen LogP contribution in [-0.4, -0.2) is 16.0 Å². The van der Waals surface area contributed by atoms with Gasteiger partial charge in [0.05, 0.1) is 10.6 Å². The Morgan fingerprint density at radius 3 is 2.16 bits per heavy atom. The van der Waals surface area contributed by atoms with E-state index < -0.39 is 0 Å². The molecule has 0 aliphatic carbocycles. The first-order chi connectivity index (χ1) is 18.3. The normalized spacial score (nSPS) is 11.1. The van der Waals surface area contributed by atoms with Gasteiger partial charge in [0.25, 0.3) is 0 Å². The lowest BCUT2D eigenvalue weighted by molar-refractivity contribution is 0.593. The standard InChI is InChI=1S/C31H20N4OS/c32-19-26-28(22-11-4-1-5-12-22)30(23-13-6-2-7-14-23)36-31(26)33-20-24-21-35(25-15-8-3-9-16-25)34-29(24)27-17-10-18-37-27/h1-18,20-21H/b33-20+. The third kappa shape index (κ3) is 4.40. The predicted molar refractivity (Wildman–Crippen MR) is 148 cm³/mol. The number of rotatable bonds is 6. The summed E-state index contributed by atoms with van der Waals surface area (Å²) in [6.45, 7) is 0. The van der Waals surface area contributed by atoms with E-state index in [1.807, 2.05) is 119 Å². The van der Waals surface area contributed by atoms with Gasteiger partial charge in [0, 0.05) is 29.1 Å². The monoisotopic (exact) mass is 496 g/mol. The van der Waals surface area contributed by atoms with E-state index in [1.165, 1.54) is 0 Å². The molecule has 6 heteroatoms. The third-order valence-corrected chi connectivity index (χ3v) is 6.82. The Kier molecular flexibility index (Phi) is 6.04. The van der Waals surface area contributed by atoms with Gasteiger partial charge in [0.15, 0.2) is 0 Å². The number of aliphatic imine (C=N–C) groups is 1. The van der Waals surface area contributed by atoms with E-state index >= 15 is 0 Å². The van der Waals surface area contributed by atoms with Crippen LogP contribution in [0, 0.1) is 11.3 Å². The highest BCUT2D eigenvalue weighted by atomic mass is 32.1. The molecule has 0 bridgehead atoms. The molecule has 0 saturated carbocycles. The largest absolute Gasteiger partial charge is 0.436 e. The summed E-state index contributed by atoms with van der Waals surface area (Å²) in [6.07, 6.45) is 3.67. The van der Waals surface area contributed by atoms with Crippen molar-refractivity contribution in [1.82, 2.24) is 9.78 Å². The van der Waals surface area contributed by atoms with Gasteiger partial charge in [0.2, 0.25) is 5.88 Å². The molecule has 176 valence electrons. The van der Waals surface area contributed by atoms with E-state index in [-0.39, 0.29) is 5.88 Å². The molecule has 5 nitrogen and oxygen atoms in total. The van der Waals surface area contributed by atoms with Crippen molar-refractivity contribution in [3.63, 3.8) is 0 Å². The summed E-state index contributed by atoms with van der Waals surface area (Å²) in [5.74, 6) is 0.888. The molecular formula is C31H20N4OS. The summed E-state index contributed by atoms with van der Waals surface area (Å²) >= 11 is 1.62. The number of furan rings is 1. The first-order valence-electron chi connectivity index (χ1n) is 11.7. The van der Waals surface area contributed by atoms with Gasteiger partial charge in [-0.3, -0.25) is 0 Å². The van der Waals surface area contributed by atoms with Crippen molar-refractivity contribution in [2.24, 2.45) is 4.99 Å². The summed E-state index contributed by atoms with van der Waals surface area (Å²) in [6, 6.07) is 35.9. The van der Waals surface area contributed by atoms with E-state index in [0.29, 0.717) is 11.3 Å². The predicted octanol–water partition coefficient (Wildman–Crippen LogP) is 8.15. The van der Waals surface area contributed by atoms with Crippen molar-refractivity contribution in [2.75, 3.05) is 0 Å². The summed E-state index contributed by atoms with van der Waals surface area (Å²) in [5, 5.41) is 17.0. The van der Waals surface area contributed by atoms with E-state index in [0.717, 1.165) is 38.5 Å². The van der Waals surface area contributed by atoms with Crippen LogP contribution in [0.2, 0.25) is 0 Å². The minimum absolute atomic E-state index is 0.268. The van der Waals surface area contributed by atoms with Crippen molar-refractivity contribution in [3.05, 3.63) is 126 Å². The topological polar surface area (TPSA) is 67.1 Å². The highest BCUT2D eigenvalue weighted by Gasteiger charge is 2.23. The zero-order valence-electron chi connectivity index (χ0n) is 19.7. The smallest absolute Gasteiger partial charge is 0.238 e. The summed E-state index contributed by atoms with van der Waals surface area (Å²) in [7, 11) is 0. The van der Waals surface area contributed by atoms with E-state index in [4.69, 9.17) is 14.5 Å². The van der Waals surface area contributed by atoms with Gasteiger partial charge in [-0.1, -0.05) is 84.9 Å². The Balaban J connectivity index is 1.49. The molecule has 0 amide bonds. The lowest BCUT2D eigenvalue weighted by Crippen LogP contribution is -1.93. The molecule has 3 aromatic carbocycles. The molecule has 0 saturated heterocycles. The molecule has 0 aliphatic rings. The Bertz CT molecular complexity index is 1710. The fourth-order valence-corrected chi connectivity index (χ4v) is 4.95. The van der Waals surface area contributed by atoms with Crippen molar-refractivity contribution < 1.29 is 4.42 Å². The van der Waals surface area contributed by atoms with Crippen molar-refractivity contribution in [2.45, 2.75) is 0 Å². The number of nitrogens with zero attached hydrogens (tertiary/aromatic N) is 4. The van der Waals surface area contributed by atoms with Crippen LogP contribution in [0.3, 0.4) is 0 Å². The number of hydrogen-bond acceptors (Lipinski definition) is 5. The molecule has 0 spiro atoms. The van der Waals surface area contributed by atoms with Crippen LogP contribution in [0.5, 0.6) is 0 Å². The van der Waals surface area contributed by atoms with E-state index in [9.17, 15) is 5.26 Å². The SMILES string of the molecule is N#Cc1c(/N=C/c2cn(-c3ccccc3)nc2-c2cccs2)oc(-c2ccccc2)c1-c1ccccc1. The van der Waals surface area contributed by atoms with Gasteiger partial charge in [-0.05, 0) is 29.1 Å². The van der Waals surface area contributed by atoms with Gasteiger partial charge in [-0.15, -0.1) is 11.3 Å². The molecule has 37 heavy (non-hydrogen) atoms. The van der Waals surface area contributed by atoms with Crippen molar-refractivity contribution >= 4 is 23.4 Å². The van der Waals surface area contributed by atoms with Crippen LogP contribution in [0.15, 0.2) is 124 Å². The number of thiophene rings is 1. The molecule has 6 aromatic rings. The van der Waals surface area contributed by atoms with Crippen molar-refractivity contribution in [1.29, 1.82) is 5.26 Å². The maximum absolute atomic E-state index is 10.2. The van der Waals surface area contributed by atoms with E-state index in [1.54, 1.807) is 17.6 Å². The number of nitriles is 1. The Labute approximate surface area is 218 Å². The van der Waals surface area contributed by atoms with Crippen molar-refractivity contribution in [3.8, 4) is 44.8 Å². The third-order valence-electron chi connectivity index (χ3n) is 5.94. The average molecular weight is 497 g/mol. The van der Waals surface area contributed by atoms with Crippen LogP contribution in [0.4, 0.5) is 5.88 Å². The Morgan fingerprint density at radius 1 is 0.838 bits per heavy atom. The fourth-order valence-electron chi connectivity index (χ4n) is 4.21. The lowest BCUT2D eigenvalue weighted by Gasteiger charge is -2.03.